The predicted molar refractivity (Wildman–Crippen MR) is 59.8 cm³/mol. The average molecular weight is 228 g/mol. The Kier molecular flexibility index (Phi) is 3.13. The first-order valence-corrected chi connectivity index (χ1v) is 5.42. The predicted octanol–water partition coefficient (Wildman–Crippen LogP) is 2.20. The lowest BCUT2D eigenvalue weighted by Crippen LogP contribution is -1.91. The molecule has 2 rings (SSSR count). The van der Waals surface area contributed by atoms with Crippen LogP contribution in [-0.2, 0) is 0 Å². The maximum absolute atomic E-state index is 9.04. The Morgan fingerprint density at radius 3 is 2.81 bits per heavy atom. The van der Waals surface area contributed by atoms with Gasteiger partial charge in [0.15, 0.2) is 0 Å². The molecule has 0 radical (unpaired) electrons. The molecule has 0 aliphatic heterocycles. The summed E-state index contributed by atoms with van der Waals surface area (Å²) in [6.07, 6.45) is 6.56. The third-order valence-electron chi connectivity index (χ3n) is 1.98. The monoisotopic (exact) mass is 228 g/mol. The molecular weight excluding hydrogens is 220 g/mol. The van der Waals surface area contributed by atoms with E-state index in [1.54, 1.807) is 24.8 Å². The van der Waals surface area contributed by atoms with Crippen LogP contribution in [0.1, 0.15) is 11.1 Å². The van der Waals surface area contributed by atoms with Gasteiger partial charge < -0.3 is 0 Å². The molecule has 16 heavy (non-hydrogen) atoms. The molecule has 0 spiro atoms. The molecule has 0 N–H and O–H groups in total. The smallest absolute Gasteiger partial charge is 0.121 e. The zero-order chi connectivity index (χ0) is 11.4. The molecular formula is C11H8N4S. The maximum atomic E-state index is 9.04. The molecule has 0 fully saturated rings. The Morgan fingerprint density at radius 2 is 2.12 bits per heavy atom. The minimum Gasteiger partial charge on any atom is -0.260 e. The topological polar surface area (TPSA) is 62.5 Å². The molecule has 2 aromatic rings. The van der Waals surface area contributed by atoms with Gasteiger partial charge in [-0.1, -0.05) is 0 Å². The first-order valence-electron chi connectivity index (χ1n) is 4.61. The van der Waals surface area contributed by atoms with Gasteiger partial charge in [0.25, 0.3) is 0 Å². The lowest BCUT2D eigenvalue weighted by molar-refractivity contribution is 1.03. The summed E-state index contributed by atoms with van der Waals surface area (Å²) >= 11 is 1.35. The number of nitriles is 1. The maximum Gasteiger partial charge on any atom is 0.121 e. The minimum absolute atomic E-state index is 0.596. The fraction of sp³-hybridized carbons (Fsp3) is 0.0909. The third kappa shape index (κ3) is 2.18. The van der Waals surface area contributed by atoms with Crippen LogP contribution >= 0.6 is 11.8 Å². The number of aryl methyl sites for hydroxylation is 1. The molecule has 0 bridgehead atoms. The molecule has 2 aromatic heterocycles. The molecule has 0 atom stereocenters. The first-order chi connectivity index (χ1) is 7.81. The van der Waals surface area contributed by atoms with Gasteiger partial charge in [0, 0.05) is 18.6 Å². The number of rotatable bonds is 2. The lowest BCUT2D eigenvalue weighted by atomic mass is 10.2. The van der Waals surface area contributed by atoms with Crippen molar-refractivity contribution in [3.63, 3.8) is 0 Å². The number of hydrogen-bond donors (Lipinski definition) is 0. The SMILES string of the molecule is Cc1ccnc(Sc2cnccn2)c1C#N. The highest BCUT2D eigenvalue weighted by Crippen LogP contribution is 2.27. The summed E-state index contributed by atoms with van der Waals surface area (Å²) in [6.45, 7) is 1.89. The standard InChI is InChI=1S/C11H8N4S/c1-8-2-3-15-11(9(8)6-12)16-10-7-13-4-5-14-10/h2-5,7H,1H3. The van der Waals surface area contributed by atoms with E-state index >= 15 is 0 Å². The highest BCUT2D eigenvalue weighted by atomic mass is 32.2. The van der Waals surface area contributed by atoms with Crippen molar-refractivity contribution in [1.82, 2.24) is 15.0 Å². The van der Waals surface area contributed by atoms with E-state index in [-0.39, 0.29) is 0 Å². The summed E-state index contributed by atoms with van der Waals surface area (Å²) in [7, 11) is 0. The molecule has 0 saturated carbocycles. The van der Waals surface area contributed by atoms with E-state index in [0.717, 1.165) is 10.6 Å². The van der Waals surface area contributed by atoms with E-state index in [1.165, 1.54) is 11.8 Å². The van der Waals surface area contributed by atoms with Crippen LogP contribution in [-0.4, -0.2) is 15.0 Å². The molecule has 0 aromatic carbocycles. The second-order valence-electron chi connectivity index (χ2n) is 3.07. The Morgan fingerprint density at radius 1 is 1.25 bits per heavy atom. The van der Waals surface area contributed by atoms with Crippen molar-refractivity contribution >= 4 is 11.8 Å². The molecule has 0 saturated heterocycles. The van der Waals surface area contributed by atoms with Crippen LogP contribution in [0.15, 0.2) is 40.9 Å². The number of aromatic nitrogens is 3. The van der Waals surface area contributed by atoms with Crippen molar-refractivity contribution < 1.29 is 0 Å². The van der Waals surface area contributed by atoms with Gasteiger partial charge in [-0.2, -0.15) is 5.26 Å². The summed E-state index contributed by atoms with van der Waals surface area (Å²) in [6, 6.07) is 3.97. The van der Waals surface area contributed by atoms with Crippen molar-refractivity contribution in [2.75, 3.05) is 0 Å². The zero-order valence-electron chi connectivity index (χ0n) is 8.58. The summed E-state index contributed by atoms with van der Waals surface area (Å²) < 4.78 is 0. The van der Waals surface area contributed by atoms with Gasteiger partial charge in [0.05, 0.1) is 11.8 Å². The Labute approximate surface area is 97.4 Å². The first kappa shape index (κ1) is 10.6. The summed E-state index contributed by atoms with van der Waals surface area (Å²) in [4.78, 5) is 12.3. The second kappa shape index (κ2) is 4.73. The zero-order valence-corrected chi connectivity index (χ0v) is 9.40. The highest BCUT2D eigenvalue weighted by Gasteiger charge is 2.08. The summed E-state index contributed by atoms with van der Waals surface area (Å²) in [5.74, 6) is 0. The number of hydrogen-bond acceptors (Lipinski definition) is 5. The van der Waals surface area contributed by atoms with Crippen molar-refractivity contribution in [2.45, 2.75) is 17.0 Å². The molecule has 5 heteroatoms. The Hall–Kier alpha value is -1.93. The van der Waals surface area contributed by atoms with Crippen LogP contribution < -0.4 is 0 Å². The fourth-order valence-corrected chi connectivity index (χ4v) is 2.03. The molecule has 0 amide bonds. The van der Waals surface area contributed by atoms with E-state index < -0.39 is 0 Å². The quantitative estimate of drug-likeness (QED) is 0.788. The Bertz CT molecular complexity index is 533. The van der Waals surface area contributed by atoms with Crippen LogP contribution in [0.25, 0.3) is 0 Å². The van der Waals surface area contributed by atoms with Crippen molar-refractivity contribution in [2.24, 2.45) is 0 Å². The van der Waals surface area contributed by atoms with E-state index in [4.69, 9.17) is 5.26 Å². The Balaban J connectivity index is 2.36. The average Bonchev–Trinajstić information content (AvgIpc) is 2.31. The fourth-order valence-electron chi connectivity index (χ4n) is 1.18. The van der Waals surface area contributed by atoms with Crippen molar-refractivity contribution in [3.8, 4) is 6.07 Å². The van der Waals surface area contributed by atoms with Gasteiger partial charge in [0.1, 0.15) is 16.1 Å². The molecule has 0 unspecified atom stereocenters. The van der Waals surface area contributed by atoms with Gasteiger partial charge >= 0.3 is 0 Å². The number of nitrogens with zero attached hydrogens (tertiary/aromatic N) is 4. The van der Waals surface area contributed by atoms with Crippen LogP contribution in [0.4, 0.5) is 0 Å². The van der Waals surface area contributed by atoms with Gasteiger partial charge in [-0.05, 0) is 30.3 Å². The minimum atomic E-state index is 0.596. The van der Waals surface area contributed by atoms with Crippen molar-refractivity contribution in [1.29, 1.82) is 5.26 Å². The van der Waals surface area contributed by atoms with Gasteiger partial charge in [-0.15, -0.1) is 0 Å². The van der Waals surface area contributed by atoms with Crippen LogP contribution in [0.5, 0.6) is 0 Å². The van der Waals surface area contributed by atoms with Crippen LogP contribution in [0.3, 0.4) is 0 Å². The normalized spacial score (nSPS) is 9.75. The largest absolute Gasteiger partial charge is 0.260 e. The third-order valence-corrected chi connectivity index (χ3v) is 2.90. The van der Waals surface area contributed by atoms with E-state index in [2.05, 4.69) is 21.0 Å². The van der Waals surface area contributed by atoms with E-state index in [9.17, 15) is 0 Å². The molecule has 4 nitrogen and oxygen atoms in total. The summed E-state index contributed by atoms with van der Waals surface area (Å²) in [5, 5.41) is 10.4. The van der Waals surface area contributed by atoms with Gasteiger partial charge in [-0.3, -0.25) is 4.98 Å². The second-order valence-corrected chi connectivity index (χ2v) is 4.07. The van der Waals surface area contributed by atoms with Crippen LogP contribution in [0.2, 0.25) is 0 Å². The molecule has 0 aliphatic carbocycles. The van der Waals surface area contributed by atoms with Crippen molar-refractivity contribution in [3.05, 3.63) is 42.0 Å². The lowest BCUT2D eigenvalue weighted by Gasteiger charge is -2.03. The van der Waals surface area contributed by atoms with E-state index in [1.807, 2.05) is 13.0 Å². The highest BCUT2D eigenvalue weighted by molar-refractivity contribution is 7.99. The van der Waals surface area contributed by atoms with Gasteiger partial charge in [0.2, 0.25) is 0 Å². The number of pyridine rings is 1. The summed E-state index contributed by atoms with van der Waals surface area (Å²) in [5.41, 5.74) is 1.52. The molecule has 78 valence electrons. The van der Waals surface area contributed by atoms with E-state index in [0.29, 0.717) is 10.6 Å². The molecule has 0 aliphatic rings. The van der Waals surface area contributed by atoms with Gasteiger partial charge in [-0.25, -0.2) is 9.97 Å². The molecule has 2 heterocycles. The van der Waals surface area contributed by atoms with Crippen LogP contribution in [0, 0.1) is 18.3 Å².